The van der Waals surface area contributed by atoms with Gasteiger partial charge < -0.3 is 10.3 Å². The molecule has 0 saturated carbocycles. The molecule has 2 N–H and O–H groups in total. The molecule has 0 unspecified atom stereocenters. The van der Waals surface area contributed by atoms with Crippen LogP contribution in [0.2, 0.25) is 5.02 Å². The van der Waals surface area contributed by atoms with Crippen molar-refractivity contribution in [3.05, 3.63) is 35.1 Å². The van der Waals surface area contributed by atoms with E-state index in [1.165, 1.54) is 0 Å². The number of rotatable bonds is 2. The quantitative estimate of drug-likeness (QED) is 0.840. The van der Waals surface area contributed by atoms with Crippen LogP contribution in [0, 0.1) is 0 Å². The van der Waals surface area contributed by atoms with Crippen molar-refractivity contribution >= 4 is 11.6 Å². The average Bonchev–Trinajstić information content (AvgIpc) is 2.59. The SMILES string of the molecule is Cn1c(CN)nnc1-c1cccc(Cl)c1. The van der Waals surface area contributed by atoms with E-state index < -0.39 is 0 Å². The van der Waals surface area contributed by atoms with Crippen molar-refractivity contribution < 1.29 is 0 Å². The molecule has 0 amide bonds. The molecule has 78 valence electrons. The molecule has 2 rings (SSSR count). The molecule has 0 atom stereocenters. The second-order valence-electron chi connectivity index (χ2n) is 3.21. The van der Waals surface area contributed by atoms with Crippen LogP contribution in [-0.4, -0.2) is 14.8 Å². The summed E-state index contributed by atoms with van der Waals surface area (Å²) < 4.78 is 1.87. The number of halogens is 1. The Morgan fingerprint density at radius 2 is 2.20 bits per heavy atom. The summed E-state index contributed by atoms with van der Waals surface area (Å²) in [4.78, 5) is 0. The summed E-state index contributed by atoms with van der Waals surface area (Å²) in [6.45, 7) is 0.379. The predicted molar refractivity (Wildman–Crippen MR) is 59.3 cm³/mol. The Morgan fingerprint density at radius 3 is 2.80 bits per heavy atom. The predicted octanol–water partition coefficient (Wildman–Crippen LogP) is 1.59. The minimum atomic E-state index is 0.379. The van der Waals surface area contributed by atoms with E-state index in [1.807, 2.05) is 35.9 Å². The lowest BCUT2D eigenvalue weighted by molar-refractivity contribution is 0.797. The molecule has 0 fully saturated rings. The second-order valence-corrected chi connectivity index (χ2v) is 3.65. The van der Waals surface area contributed by atoms with Gasteiger partial charge in [0.15, 0.2) is 5.82 Å². The lowest BCUT2D eigenvalue weighted by atomic mass is 10.2. The summed E-state index contributed by atoms with van der Waals surface area (Å²) in [7, 11) is 1.89. The lowest BCUT2D eigenvalue weighted by Gasteiger charge is -2.02. The maximum atomic E-state index is 5.91. The van der Waals surface area contributed by atoms with Crippen LogP contribution < -0.4 is 5.73 Å². The molecular weight excluding hydrogens is 212 g/mol. The van der Waals surface area contributed by atoms with Gasteiger partial charge in [-0.2, -0.15) is 0 Å². The maximum absolute atomic E-state index is 5.91. The maximum Gasteiger partial charge on any atom is 0.163 e. The Bertz CT molecular complexity index is 478. The second kappa shape index (κ2) is 4.00. The summed E-state index contributed by atoms with van der Waals surface area (Å²) >= 11 is 5.91. The van der Waals surface area contributed by atoms with Crippen molar-refractivity contribution in [2.75, 3.05) is 0 Å². The van der Waals surface area contributed by atoms with E-state index in [4.69, 9.17) is 17.3 Å². The number of hydrogen-bond acceptors (Lipinski definition) is 3. The summed E-state index contributed by atoms with van der Waals surface area (Å²) in [6.07, 6.45) is 0. The molecule has 0 aliphatic rings. The third kappa shape index (κ3) is 1.86. The Balaban J connectivity index is 2.49. The number of hydrogen-bond donors (Lipinski definition) is 1. The first-order valence-electron chi connectivity index (χ1n) is 4.56. The van der Waals surface area contributed by atoms with E-state index in [2.05, 4.69) is 10.2 Å². The van der Waals surface area contributed by atoms with Crippen LogP contribution >= 0.6 is 11.6 Å². The Labute approximate surface area is 92.7 Å². The van der Waals surface area contributed by atoms with Crippen LogP contribution in [0.5, 0.6) is 0 Å². The highest BCUT2D eigenvalue weighted by Gasteiger charge is 2.09. The molecule has 0 aliphatic carbocycles. The Morgan fingerprint density at radius 1 is 1.40 bits per heavy atom. The van der Waals surface area contributed by atoms with E-state index in [-0.39, 0.29) is 0 Å². The molecule has 1 aromatic heterocycles. The van der Waals surface area contributed by atoms with Gasteiger partial charge in [-0.15, -0.1) is 10.2 Å². The zero-order valence-corrected chi connectivity index (χ0v) is 9.07. The van der Waals surface area contributed by atoms with Gasteiger partial charge in [0.25, 0.3) is 0 Å². The normalized spacial score (nSPS) is 10.6. The molecule has 2 aromatic rings. The monoisotopic (exact) mass is 222 g/mol. The van der Waals surface area contributed by atoms with Crippen LogP contribution in [0.3, 0.4) is 0 Å². The lowest BCUT2D eigenvalue weighted by Crippen LogP contribution is -2.05. The van der Waals surface area contributed by atoms with E-state index in [9.17, 15) is 0 Å². The largest absolute Gasteiger partial charge is 0.324 e. The number of nitrogens with two attached hydrogens (primary N) is 1. The summed E-state index contributed by atoms with van der Waals surface area (Å²) in [6, 6.07) is 7.50. The highest BCUT2D eigenvalue weighted by molar-refractivity contribution is 6.30. The molecule has 0 bridgehead atoms. The van der Waals surface area contributed by atoms with Crippen molar-refractivity contribution in [3.63, 3.8) is 0 Å². The third-order valence-electron chi connectivity index (χ3n) is 2.23. The van der Waals surface area contributed by atoms with Crippen molar-refractivity contribution in [1.82, 2.24) is 14.8 Å². The molecule has 0 spiro atoms. The first-order chi connectivity index (χ1) is 7.22. The van der Waals surface area contributed by atoms with E-state index in [0.717, 1.165) is 17.2 Å². The zero-order chi connectivity index (χ0) is 10.8. The van der Waals surface area contributed by atoms with Gasteiger partial charge in [-0.25, -0.2) is 0 Å². The van der Waals surface area contributed by atoms with E-state index >= 15 is 0 Å². The average molecular weight is 223 g/mol. The van der Waals surface area contributed by atoms with Gasteiger partial charge in [0, 0.05) is 17.6 Å². The number of aromatic nitrogens is 3. The smallest absolute Gasteiger partial charge is 0.163 e. The topological polar surface area (TPSA) is 56.7 Å². The Kier molecular flexibility index (Phi) is 2.70. The summed E-state index contributed by atoms with van der Waals surface area (Å²) in [5.74, 6) is 1.53. The minimum Gasteiger partial charge on any atom is -0.324 e. The fourth-order valence-electron chi connectivity index (χ4n) is 1.42. The van der Waals surface area contributed by atoms with Gasteiger partial charge >= 0.3 is 0 Å². The molecule has 1 heterocycles. The molecule has 0 saturated heterocycles. The molecule has 0 aliphatic heterocycles. The molecular formula is C10H11ClN4. The Hall–Kier alpha value is -1.39. The minimum absolute atomic E-state index is 0.379. The van der Waals surface area contributed by atoms with Gasteiger partial charge in [0.2, 0.25) is 0 Å². The van der Waals surface area contributed by atoms with Crippen LogP contribution in [0.4, 0.5) is 0 Å². The summed E-state index contributed by atoms with van der Waals surface area (Å²) in [5.41, 5.74) is 6.46. The number of nitrogens with zero attached hydrogens (tertiary/aromatic N) is 3. The van der Waals surface area contributed by atoms with Gasteiger partial charge in [0.1, 0.15) is 5.82 Å². The highest BCUT2D eigenvalue weighted by atomic mass is 35.5. The first-order valence-corrected chi connectivity index (χ1v) is 4.94. The van der Waals surface area contributed by atoms with E-state index in [0.29, 0.717) is 11.6 Å². The molecule has 5 heteroatoms. The van der Waals surface area contributed by atoms with E-state index in [1.54, 1.807) is 0 Å². The fourth-order valence-corrected chi connectivity index (χ4v) is 1.61. The van der Waals surface area contributed by atoms with Crippen LogP contribution in [0.1, 0.15) is 5.82 Å². The molecule has 4 nitrogen and oxygen atoms in total. The molecule has 15 heavy (non-hydrogen) atoms. The summed E-state index contributed by atoms with van der Waals surface area (Å²) in [5, 5.41) is 8.74. The third-order valence-corrected chi connectivity index (χ3v) is 2.47. The van der Waals surface area contributed by atoms with Crippen LogP contribution in [0.25, 0.3) is 11.4 Å². The first kappa shape index (κ1) is 10.1. The van der Waals surface area contributed by atoms with Crippen molar-refractivity contribution in [2.45, 2.75) is 6.54 Å². The molecule has 0 radical (unpaired) electrons. The fraction of sp³-hybridized carbons (Fsp3) is 0.200. The molecule has 1 aromatic carbocycles. The van der Waals surface area contributed by atoms with Crippen molar-refractivity contribution in [1.29, 1.82) is 0 Å². The van der Waals surface area contributed by atoms with Crippen LogP contribution in [-0.2, 0) is 13.6 Å². The van der Waals surface area contributed by atoms with Gasteiger partial charge in [-0.1, -0.05) is 23.7 Å². The van der Waals surface area contributed by atoms with Gasteiger partial charge in [-0.3, -0.25) is 0 Å². The van der Waals surface area contributed by atoms with Crippen molar-refractivity contribution in [2.24, 2.45) is 12.8 Å². The highest BCUT2D eigenvalue weighted by Crippen LogP contribution is 2.20. The van der Waals surface area contributed by atoms with Crippen molar-refractivity contribution in [3.8, 4) is 11.4 Å². The zero-order valence-electron chi connectivity index (χ0n) is 8.31. The standard InChI is InChI=1S/C10H11ClN4/c1-15-9(6-12)13-14-10(15)7-3-2-4-8(11)5-7/h2-5H,6,12H2,1H3. The van der Waals surface area contributed by atoms with Crippen LogP contribution in [0.15, 0.2) is 24.3 Å². The van der Waals surface area contributed by atoms with Gasteiger partial charge in [-0.05, 0) is 12.1 Å². The number of benzene rings is 1. The van der Waals surface area contributed by atoms with Gasteiger partial charge in [0.05, 0.1) is 6.54 Å².